The van der Waals surface area contributed by atoms with Gasteiger partial charge >= 0.3 is 0 Å². The first-order chi connectivity index (χ1) is 13.6. The van der Waals surface area contributed by atoms with Crippen molar-refractivity contribution in [2.24, 2.45) is 0 Å². The van der Waals surface area contributed by atoms with Crippen LogP contribution in [0, 0.1) is 6.92 Å². The highest BCUT2D eigenvalue weighted by Crippen LogP contribution is 2.25. The molecule has 0 saturated heterocycles. The maximum atomic E-state index is 12.0. The number of carbonyl (C=O) groups excluding carboxylic acids is 1. The Labute approximate surface area is 172 Å². The normalized spacial score (nSPS) is 10.9. The fourth-order valence-electron chi connectivity index (χ4n) is 2.29. The van der Waals surface area contributed by atoms with Gasteiger partial charge in [-0.15, -0.1) is 10.2 Å². The van der Waals surface area contributed by atoms with Gasteiger partial charge in [-0.3, -0.25) is 10.1 Å². The Bertz CT molecular complexity index is 935. The number of anilines is 1. The van der Waals surface area contributed by atoms with E-state index < -0.39 is 0 Å². The van der Waals surface area contributed by atoms with Gasteiger partial charge < -0.3 is 4.74 Å². The summed E-state index contributed by atoms with van der Waals surface area (Å²) in [5.41, 5.74) is 3.27. The van der Waals surface area contributed by atoms with Gasteiger partial charge in [0.05, 0.1) is 0 Å². The second kappa shape index (κ2) is 10.1. The minimum absolute atomic E-state index is 0.233. The predicted octanol–water partition coefficient (Wildman–Crippen LogP) is 5.19. The summed E-state index contributed by atoms with van der Waals surface area (Å²) in [6, 6.07) is 15.9. The molecule has 144 valence electrons. The third-order valence-corrected chi connectivity index (χ3v) is 5.59. The Morgan fingerprint density at radius 2 is 1.89 bits per heavy atom. The van der Waals surface area contributed by atoms with Crippen LogP contribution in [0.1, 0.15) is 23.6 Å². The molecule has 5 nitrogen and oxygen atoms in total. The number of aromatic nitrogens is 2. The first-order valence-corrected chi connectivity index (χ1v) is 10.7. The lowest BCUT2D eigenvalue weighted by molar-refractivity contribution is -0.111. The van der Waals surface area contributed by atoms with Crippen molar-refractivity contribution in [2.45, 2.75) is 24.8 Å². The molecule has 0 unspecified atom stereocenters. The van der Waals surface area contributed by atoms with Crippen LogP contribution in [0.25, 0.3) is 6.08 Å². The molecule has 1 aromatic heterocycles. The fourth-order valence-corrected chi connectivity index (χ4v) is 3.94. The number of nitrogens with one attached hydrogen (secondary N) is 1. The van der Waals surface area contributed by atoms with E-state index in [0.717, 1.165) is 27.0 Å². The molecule has 1 heterocycles. The van der Waals surface area contributed by atoms with Gasteiger partial charge in [0.2, 0.25) is 11.0 Å². The maximum Gasteiger partial charge on any atom is 0.250 e. The fraction of sp³-hybridized carbons (Fsp3) is 0.190. The van der Waals surface area contributed by atoms with Gasteiger partial charge in [0.25, 0.3) is 0 Å². The molecular formula is C21H21N3O2S2. The van der Waals surface area contributed by atoms with Crippen LogP contribution in [0.5, 0.6) is 5.75 Å². The van der Waals surface area contributed by atoms with E-state index in [1.54, 1.807) is 17.8 Å². The van der Waals surface area contributed by atoms with Crippen LogP contribution in [0.2, 0.25) is 0 Å². The van der Waals surface area contributed by atoms with Crippen molar-refractivity contribution in [1.82, 2.24) is 10.2 Å². The lowest BCUT2D eigenvalue weighted by atomic mass is 10.1. The molecule has 2 aromatic carbocycles. The van der Waals surface area contributed by atoms with Crippen molar-refractivity contribution >= 4 is 40.2 Å². The van der Waals surface area contributed by atoms with Crippen LogP contribution in [0.4, 0.5) is 5.13 Å². The van der Waals surface area contributed by atoms with Crippen molar-refractivity contribution in [3.8, 4) is 5.75 Å². The van der Waals surface area contributed by atoms with Crippen LogP contribution in [0.3, 0.4) is 0 Å². The molecule has 0 aliphatic carbocycles. The van der Waals surface area contributed by atoms with Crippen molar-refractivity contribution in [3.05, 3.63) is 71.3 Å². The largest absolute Gasteiger partial charge is 0.489 e. The molecule has 3 rings (SSSR count). The molecule has 0 atom stereocenters. The van der Waals surface area contributed by atoms with Crippen LogP contribution in [-0.2, 0) is 11.4 Å². The van der Waals surface area contributed by atoms with Gasteiger partial charge in [-0.25, -0.2) is 0 Å². The lowest BCUT2D eigenvalue weighted by Gasteiger charge is -2.07. The quantitative estimate of drug-likeness (QED) is 0.314. The molecule has 0 aliphatic rings. The minimum Gasteiger partial charge on any atom is -0.489 e. The summed E-state index contributed by atoms with van der Waals surface area (Å²) in [6.07, 6.45) is 3.23. The van der Waals surface area contributed by atoms with Gasteiger partial charge in [-0.05, 0) is 42.0 Å². The predicted molar refractivity (Wildman–Crippen MR) is 116 cm³/mol. The number of carbonyl (C=O) groups is 1. The number of rotatable bonds is 8. The summed E-state index contributed by atoms with van der Waals surface area (Å²) in [5.74, 6) is 1.48. The van der Waals surface area contributed by atoms with Gasteiger partial charge in [0.1, 0.15) is 12.4 Å². The SMILES string of the molecule is CCSc1nnc(NC(=O)/C=C/c2ccc(OCc3ccc(C)cc3)cc2)s1. The molecular weight excluding hydrogens is 390 g/mol. The Morgan fingerprint density at radius 3 is 2.61 bits per heavy atom. The van der Waals surface area contributed by atoms with Gasteiger partial charge in [-0.1, -0.05) is 72.0 Å². The molecule has 0 radical (unpaired) electrons. The van der Waals surface area contributed by atoms with E-state index in [2.05, 4.69) is 46.7 Å². The monoisotopic (exact) mass is 411 g/mol. The van der Waals surface area contributed by atoms with E-state index in [0.29, 0.717) is 11.7 Å². The highest BCUT2D eigenvalue weighted by Gasteiger charge is 2.06. The Morgan fingerprint density at radius 1 is 1.14 bits per heavy atom. The van der Waals surface area contributed by atoms with E-state index in [1.165, 1.54) is 23.0 Å². The van der Waals surface area contributed by atoms with Crippen molar-refractivity contribution in [1.29, 1.82) is 0 Å². The van der Waals surface area contributed by atoms with Crippen molar-refractivity contribution in [3.63, 3.8) is 0 Å². The summed E-state index contributed by atoms with van der Waals surface area (Å²) in [4.78, 5) is 12.0. The standard InChI is InChI=1S/C21H21N3O2S2/c1-3-27-21-24-23-20(28-21)22-19(25)13-10-16-8-11-18(12-9-16)26-14-17-6-4-15(2)5-7-17/h4-13H,3,14H2,1-2H3,(H,22,23,25)/b13-10+. The zero-order valence-electron chi connectivity index (χ0n) is 15.7. The van der Waals surface area contributed by atoms with E-state index in [1.807, 2.05) is 31.2 Å². The lowest BCUT2D eigenvalue weighted by Crippen LogP contribution is -2.07. The molecule has 3 aromatic rings. The molecule has 0 spiro atoms. The summed E-state index contributed by atoms with van der Waals surface area (Å²) in [5, 5.41) is 11.2. The zero-order chi connectivity index (χ0) is 19.8. The van der Waals surface area contributed by atoms with Crippen molar-refractivity contribution < 1.29 is 9.53 Å². The van der Waals surface area contributed by atoms with Crippen LogP contribution in [-0.4, -0.2) is 21.9 Å². The number of thioether (sulfide) groups is 1. The van der Waals surface area contributed by atoms with Gasteiger partial charge in [0.15, 0.2) is 4.34 Å². The summed E-state index contributed by atoms with van der Waals surface area (Å²) < 4.78 is 6.64. The minimum atomic E-state index is -0.233. The first-order valence-electron chi connectivity index (χ1n) is 8.86. The summed E-state index contributed by atoms with van der Waals surface area (Å²) in [7, 11) is 0. The van der Waals surface area contributed by atoms with Gasteiger partial charge in [-0.2, -0.15) is 0 Å². The Hall–Kier alpha value is -2.64. The average molecular weight is 412 g/mol. The maximum absolute atomic E-state index is 12.0. The number of hydrogen-bond acceptors (Lipinski definition) is 6. The van der Waals surface area contributed by atoms with E-state index >= 15 is 0 Å². The Kier molecular flexibility index (Phi) is 7.22. The van der Waals surface area contributed by atoms with Crippen LogP contribution >= 0.6 is 23.1 Å². The molecule has 0 fully saturated rings. The van der Waals surface area contributed by atoms with Gasteiger partial charge in [0, 0.05) is 6.08 Å². The van der Waals surface area contributed by atoms with Crippen LogP contribution < -0.4 is 10.1 Å². The molecule has 1 N–H and O–H groups in total. The number of hydrogen-bond donors (Lipinski definition) is 1. The zero-order valence-corrected chi connectivity index (χ0v) is 17.3. The topological polar surface area (TPSA) is 64.1 Å². The number of nitrogens with zero attached hydrogens (tertiary/aromatic N) is 2. The highest BCUT2D eigenvalue weighted by molar-refractivity contribution is 8.01. The number of amides is 1. The third kappa shape index (κ3) is 6.21. The average Bonchev–Trinajstić information content (AvgIpc) is 3.14. The smallest absolute Gasteiger partial charge is 0.250 e. The Balaban J connectivity index is 1.49. The number of ether oxygens (including phenoxy) is 1. The van der Waals surface area contributed by atoms with E-state index in [9.17, 15) is 4.79 Å². The molecule has 1 amide bonds. The van der Waals surface area contributed by atoms with E-state index in [-0.39, 0.29) is 5.91 Å². The first kappa shape index (κ1) is 20.1. The summed E-state index contributed by atoms with van der Waals surface area (Å²) >= 11 is 2.97. The second-order valence-corrected chi connectivity index (χ2v) is 8.46. The molecule has 7 heteroatoms. The molecule has 0 aliphatic heterocycles. The summed E-state index contributed by atoms with van der Waals surface area (Å²) in [6.45, 7) is 4.64. The second-order valence-electron chi connectivity index (χ2n) is 5.97. The highest BCUT2D eigenvalue weighted by atomic mass is 32.2. The molecule has 28 heavy (non-hydrogen) atoms. The third-order valence-electron chi connectivity index (χ3n) is 3.74. The van der Waals surface area contributed by atoms with Crippen molar-refractivity contribution in [2.75, 3.05) is 11.1 Å². The van der Waals surface area contributed by atoms with Crippen LogP contribution in [0.15, 0.2) is 58.9 Å². The number of benzene rings is 2. The molecule has 0 saturated carbocycles. The number of aryl methyl sites for hydroxylation is 1. The molecule has 0 bridgehead atoms. The van der Waals surface area contributed by atoms with E-state index in [4.69, 9.17) is 4.74 Å².